The molecule has 9 rings (SSSR count). The van der Waals surface area contributed by atoms with Gasteiger partial charge in [0.25, 0.3) is 0 Å². The maximum absolute atomic E-state index is 5.27. The molecule has 0 bridgehead atoms. The van der Waals surface area contributed by atoms with Crippen LogP contribution in [0, 0.1) is 0 Å². The molecule has 7 aromatic carbocycles. The van der Waals surface area contributed by atoms with Crippen molar-refractivity contribution in [3.05, 3.63) is 192 Å². The molecular formula is C43H32N4. The van der Waals surface area contributed by atoms with E-state index in [0.29, 0.717) is 0 Å². The van der Waals surface area contributed by atoms with E-state index < -0.39 is 0 Å². The molecule has 47 heavy (non-hydrogen) atoms. The van der Waals surface area contributed by atoms with Crippen LogP contribution in [0.1, 0.15) is 34.5 Å². The molecule has 0 aromatic heterocycles. The number of para-hydroxylation sites is 3. The molecule has 0 fully saturated rings. The number of aliphatic imine (C=N–C) groups is 1. The Labute approximate surface area is 274 Å². The second-order valence-electron chi connectivity index (χ2n) is 12.1. The smallest absolute Gasteiger partial charge is 0.133 e. The summed E-state index contributed by atoms with van der Waals surface area (Å²) in [6.45, 7) is 0. The van der Waals surface area contributed by atoms with Crippen LogP contribution in [0.15, 0.2) is 175 Å². The summed E-state index contributed by atoms with van der Waals surface area (Å²) in [4.78, 5) is 7.65. The monoisotopic (exact) mass is 604 g/mol. The van der Waals surface area contributed by atoms with Gasteiger partial charge in [-0.1, -0.05) is 146 Å². The first kappa shape index (κ1) is 27.2. The zero-order chi connectivity index (χ0) is 31.2. The van der Waals surface area contributed by atoms with Crippen LogP contribution in [-0.2, 0) is 0 Å². The molecule has 2 N–H and O–H groups in total. The average molecular weight is 605 g/mol. The van der Waals surface area contributed by atoms with Crippen LogP contribution in [0.5, 0.6) is 0 Å². The Bertz CT molecular complexity index is 2240. The third-order valence-corrected chi connectivity index (χ3v) is 9.34. The number of fused-ring (bicyclic) bond motifs is 4. The highest BCUT2D eigenvalue weighted by molar-refractivity contribution is 6.14. The minimum absolute atomic E-state index is 0.0129. The largest absolute Gasteiger partial charge is 0.359 e. The highest BCUT2D eigenvalue weighted by Gasteiger charge is 2.31. The fourth-order valence-corrected chi connectivity index (χ4v) is 6.98. The first-order chi connectivity index (χ1) is 23.3. The van der Waals surface area contributed by atoms with E-state index in [-0.39, 0.29) is 12.2 Å². The number of nitrogens with zero attached hydrogens (tertiary/aromatic N) is 2. The predicted octanol–water partition coefficient (Wildman–Crippen LogP) is 10.7. The first-order valence-corrected chi connectivity index (χ1v) is 16.1. The van der Waals surface area contributed by atoms with E-state index in [0.717, 1.165) is 22.8 Å². The molecule has 2 unspecified atom stereocenters. The summed E-state index contributed by atoms with van der Waals surface area (Å²) < 4.78 is 0. The fraction of sp³-hybridized carbons (Fsp3) is 0.0465. The Morgan fingerprint density at radius 3 is 1.91 bits per heavy atom. The molecule has 2 aliphatic heterocycles. The van der Waals surface area contributed by atoms with E-state index in [9.17, 15) is 0 Å². The van der Waals surface area contributed by atoms with Gasteiger partial charge in [0.1, 0.15) is 18.0 Å². The highest BCUT2D eigenvalue weighted by Crippen LogP contribution is 2.46. The molecule has 2 atom stereocenters. The van der Waals surface area contributed by atoms with Crippen LogP contribution in [0.3, 0.4) is 0 Å². The van der Waals surface area contributed by atoms with Crippen molar-refractivity contribution in [1.29, 1.82) is 0 Å². The summed E-state index contributed by atoms with van der Waals surface area (Å²) in [6, 6.07) is 60.3. The molecule has 7 aromatic rings. The van der Waals surface area contributed by atoms with Gasteiger partial charge in [0.2, 0.25) is 0 Å². The Balaban J connectivity index is 1.04. The third kappa shape index (κ3) is 4.82. The van der Waals surface area contributed by atoms with Gasteiger partial charge in [-0.05, 0) is 51.9 Å². The number of benzene rings is 7. The van der Waals surface area contributed by atoms with E-state index in [1.54, 1.807) is 0 Å². The maximum atomic E-state index is 5.27. The predicted molar refractivity (Wildman–Crippen MR) is 196 cm³/mol. The second-order valence-corrected chi connectivity index (χ2v) is 12.1. The summed E-state index contributed by atoms with van der Waals surface area (Å²) in [5, 5.41) is 9.85. The standard InChI is InChI=1S/C43H32N4/c1-3-12-33(13-4-1)42-45-40(37-28-27-31-11-7-8-16-36(31)41(37)46-42)32-23-19-29(20-24-32)30-21-25-34(26-22-30)43-44-38-17-9-10-18-39(38)47(43)35-14-5-2-6-15-35/h1-28,40,43-44H,(H,45,46). The molecule has 4 nitrogen and oxygen atoms in total. The van der Waals surface area contributed by atoms with Crippen molar-refractivity contribution in [2.45, 2.75) is 12.2 Å². The van der Waals surface area contributed by atoms with Crippen molar-refractivity contribution in [2.24, 2.45) is 4.99 Å². The van der Waals surface area contributed by atoms with Crippen molar-refractivity contribution in [3.8, 4) is 11.1 Å². The Kier molecular flexibility index (Phi) is 6.57. The molecular weight excluding hydrogens is 573 g/mol. The van der Waals surface area contributed by atoms with Gasteiger partial charge in [-0.2, -0.15) is 0 Å². The summed E-state index contributed by atoms with van der Waals surface area (Å²) in [6.07, 6.45) is 0.0129. The Hall–Kier alpha value is -6.13. The minimum atomic E-state index is -0.110. The van der Waals surface area contributed by atoms with Gasteiger partial charge in [-0.25, -0.2) is 0 Å². The lowest BCUT2D eigenvalue weighted by Gasteiger charge is -2.27. The Morgan fingerprint density at radius 2 is 1.15 bits per heavy atom. The zero-order valence-corrected chi connectivity index (χ0v) is 25.7. The quantitative estimate of drug-likeness (QED) is 0.205. The molecule has 2 heterocycles. The number of rotatable bonds is 5. The maximum Gasteiger partial charge on any atom is 0.133 e. The lowest BCUT2D eigenvalue weighted by Crippen LogP contribution is -2.23. The van der Waals surface area contributed by atoms with Crippen LogP contribution in [0.2, 0.25) is 0 Å². The Morgan fingerprint density at radius 1 is 0.511 bits per heavy atom. The van der Waals surface area contributed by atoms with Gasteiger partial charge in [-0.3, -0.25) is 4.99 Å². The van der Waals surface area contributed by atoms with Crippen molar-refractivity contribution in [3.63, 3.8) is 0 Å². The normalized spacial score (nSPS) is 16.5. The molecule has 0 spiro atoms. The summed E-state index contributed by atoms with van der Waals surface area (Å²) in [5.41, 5.74) is 11.7. The lowest BCUT2D eigenvalue weighted by molar-refractivity contribution is 0.828. The van der Waals surface area contributed by atoms with Crippen LogP contribution >= 0.6 is 0 Å². The van der Waals surface area contributed by atoms with Crippen molar-refractivity contribution in [1.82, 2.24) is 0 Å². The SMILES string of the molecule is c1ccc(C2=NC(c3ccc(-c4ccc(C5Nc6ccccc6N5c5ccccc5)cc4)cc3)c3ccc4ccccc4c3N2)cc1. The summed E-state index contributed by atoms with van der Waals surface area (Å²) in [5.74, 6) is 0.895. The van der Waals surface area contributed by atoms with Crippen LogP contribution in [0.25, 0.3) is 21.9 Å². The van der Waals surface area contributed by atoms with E-state index >= 15 is 0 Å². The van der Waals surface area contributed by atoms with E-state index in [2.05, 4.69) is 179 Å². The summed E-state index contributed by atoms with van der Waals surface area (Å²) in [7, 11) is 0. The van der Waals surface area contributed by atoms with E-state index in [1.807, 2.05) is 6.07 Å². The van der Waals surface area contributed by atoms with Crippen LogP contribution in [-0.4, -0.2) is 5.84 Å². The molecule has 0 amide bonds. The number of amidine groups is 1. The van der Waals surface area contributed by atoms with Gasteiger partial charge < -0.3 is 15.5 Å². The third-order valence-electron chi connectivity index (χ3n) is 9.34. The van der Waals surface area contributed by atoms with Crippen molar-refractivity contribution in [2.75, 3.05) is 15.5 Å². The number of nitrogens with one attached hydrogen (secondary N) is 2. The van der Waals surface area contributed by atoms with Gasteiger partial charge in [-0.15, -0.1) is 0 Å². The lowest BCUT2D eigenvalue weighted by atomic mass is 9.91. The van der Waals surface area contributed by atoms with Crippen LogP contribution < -0.4 is 15.5 Å². The highest BCUT2D eigenvalue weighted by atomic mass is 15.3. The van der Waals surface area contributed by atoms with Crippen molar-refractivity contribution < 1.29 is 0 Å². The van der Waals surface area contributed by atoms with Gasteiger partial charge >= 0.3 is 0 Å². The number of hydrogen-bond acceptors (Lipinski definition) is 4. The van der Waals surface area contributed by atoms with Crippen LogP contribution in [0.4, 0.5) is 22.7 Å². The summed E-state index contributed by atoms with van der Waals surface area (Å²) >= 11 is 0. The second kappa shape index (κ2) is 11.3. The number of anilines is 4. The van der Waals surface area contributed by atoms with Gasteiger partial charge in [0.05, 0.1) is 17.1 Å². The van der Waals surface area contributed by atoms with E-state index in [1.165, 1.54) is 50.0 Å². The zero-order valence-electron chi connectivity index (χ0n) is 25.7. The van der Waals surface area contributed by atoms with E-state index in [4.69, 9.17) is 4.99 Å². The molecule has 224 valence electrons. The van der Waals surface area contributed by atoms with Crippen molar-refractivity contribution >= 4 is 39.4 Å². The average Bonchev–Trinajstić information content (AvgIpc) is 3.55. The van der Waals surface area contributed by atoms with Gasteiger partial charge in [0.15, 0.2) is 0 Å². The molecule has 2 aliphatic rings. The fourth-order valence-electron chi connectivity index (χ4n) is 6.98. The van der Waals surface area contributed by atoms with Gasteiger partial charge in [0, 0.05) is 22.2 Å². The molecule has 0 radical (unpaired) electrons. The number of hydrogen-bond donors (Lipinski definition) is 2. The molecule has 0 saturated carbocycles. The topological polar surface area (TPSA) is 39.7 Å². The molecule has 4 heteroatoms. The molecule has 0 aliphatic carbocycles. The minimum Gasteiger partial charge on any atom is -0.359 e. The molecule has 0 saturated heterocycles. The first-order valence-electron chi connectivity index (χ1n) is 16.1.